The molecule has 17 heavy (non-hydrogen) atoms. The predicted molar refractivity (Wildman–Crippen MR) is 68.1 cm³/mol. The van der Waals surface area contributed by atoms with Crippen molar-refractivity contribution in [2.45, 2.75) is 38.3 Å². The smallest absolute Gasteiger partial charge is 0.0584 e. The summed E-state index contributed by atoms with van der Waals surface area (Å²) >= 11 is 0. The summed E-state index contributed by atoms with van der Waals surface area (Å²) in [5, 5.41) is 12.8. The number of aliphatic hydroxyl groups is 1. The fourth-order valence-electron chi connectivity index (χ4n) is 2.44. The first kappa shape index (κ1) is 13.3. The maximum Gasteiger partial charge on any atom is 0.0584 e. The lowest BCUT2D eigenvalue weighted by Gasteiger charge is -2.35. The maximum absolute atomic E-state index is 9.20. The van der Waals surface area contributed by atoms with Crippen molar-refractivity contribution in [3.8, 4) is 0 Å². The number of nitrogens with zero attached hydrogens (tertiary/aromatic N) is 1. The summed E-state index contributed by atoms with van der Waals surface area (Å²) in [6, 6.07) is 0.987. The van der Waals surface area contributed by atoms with E-state index in [1.165, 1.54) is 12.8 Å². The minimum absolute atomic E-state index is 0.226. The van der Waals surface area contributed by atoms with Crippen molar-refractivity contribution in [1.82, 2.24) is 10.2 Å². The summed E-state index contributed by atoms with van der Waals surface area (Å²) in [5.74, 6) is 0. The molecule has 0 bridgehead atoms. The summed E-state index contributed by atoms with van der Waals surface area (Å²) in [6.45, 7) is 6.10. The maximum atomic E-state index is 9.20. The lowest BCUT2D eigenvalue weighted by molar-refractivity contribution is 0.0840. The molecule has 0 radical (unpaired) electrons. The molecule has 1 saturated carbocycles. The Morgan fingerprint density at radius 2 is 2.29 bits per heavy atom. The molecule has 2 fully saturated rings. The summed E-state index contributed by atoms with van der Waals surface area (Å²) in [6.07, 6.45) is 3.80. The largest absolute Gasteiger partial charge is 0.395 e. The van der Waals surface area contributed by atoms with Crippen LogP contribution in [-0.4, -0.2) is 62.0 Å². The molecular formula is C13H26N2O2. The zero-order chi connectivity index (χ0) is 12.3. The average Bonchev–Trinajstić information content (AvgIpc) is 3.06. The van der Waals surface area contributed by atoms with Crippen LogP contribution in [0.4, 0.5) is 0 Å². The van der Waals surface area contributed by atoms with Crippen LogP contribution in [0.2, 0.25) is 0 Å². The van der Waals surface area contributed by atoms with Gasteiger partial charge in [0, 0.05) is 37.2 Å². The molecule has 100 valence electrons. The predicted octanol–water partition coefficient (Wildman–Crippen LogP) is 0.458. The molecule has 2 aliphatic rings. The van der Waals surface area contributed by atoms with Crippen molar-refractivity contribution >= 4 is 0 Å². The zero-order valence-corrected chi connectivity index (χ0v) is 11.1. The van der Waals surface area contributed by atoms with Crippen LogP contribution in [0.1, 0.15) is 26.2 Å². The van der Waals surface area contributed by atoms with Crippen LogP contribution in [0.5, 0.6) is 0 Å². The summed E-state index contributed by atoms with van der Waals surface area (Å²) in [4.78, 5) is 2.25. The molecule has 1 heterocycles. The highest BCUT2D eigenvalue weighted by atomic mass is 16.5. The van der Waals surface area contributed by atoms with E-state index in [2.05, 4.69) is 24.2 Å². The van der Waals surface area contributed by atoms with Gasteiger partial charge in [-0.1, -0.05) is 0 Å². The second kappa shape index (κ2) is 5.65. The molecule has 0 aromatic rings. The van der Waals surface area contributed by atoms with Gasteiger partial charge in [0.1, 0.15) is 0 Å². The van der Waals surface area contributed by atoms with Gasteiger partial charge in [-0.15, -0.1) is 0 Å². The summed E-state index contributed by atoms with van der Waals surface area (Å²) in [7, 11) is 2.10. The van der Waals surface area contributed by atoms with E-state index in [1.807, 2.05) is 0 Å². The van der Waals surface area contributed by atoms with Crippen LogP contribution in [0, 0.1) is 5.41 Å². The first-order valence-corrected chi connectivity index (χ1v) is 6.77. The number of hydrogen-bond donors (Lipinski definition) is 2. The Bertz CT molecular complexity index is 238. The van der Waals surface area contributed by atoms with E-state index in [-0.39, 0.29) is 18.1 Å². The molecular weight excluding hydrogens is 216 g/mol. The fraction of sp³-hybridized carbons (Fsp3) is 1.00. The molecule has 2 atom stereocenters. The van der Waals surface area contributed by atoms with Gasteiger partial charge in [0.25, 0.3) is 0 Å². The van der Waals surface area contributed by atoms with E-state index in [1.54, 1.807) is 0 Å². The van der Waals surface area contributed by atoms with Crippen LogP contribution >= 0.6 is 0 Å². The number of hydrogen-bond acceptors (Lipinski definition) is 4. The zero-order valence-electron chi connectivity index (χ0n) is 11.1. The van der Waals surface area contributed by atoms with Crippen molar-refractivity contribution in [3.63, 3.8) is 0 Å². The Labute approximate surface area is 104 Å². The molecule has 0 aromatic heterocycles. The van der Waals surface area contributed by atoms with Crippen LogP contribution < -0.4 is 5.32 Å². The Morgan fingerprint density at radius 3 is 2.82 bits per heavy atom. The minimum Gasteiger partial charge on any atom is -0.395 e. The van der Waals surface area contributed by atoms with Crippen LogP contribution in [-0.2, 0) is 4.74 Å². The standard InChI is InChI=1S/C13H26N2O2/c1-11(7-16)15(2)9-13(5-6-17-10-13)8-14-12-3-4-12/h11-12,14,16H,3-10H2,1-2H3. The minimum atomic E-state index is 0.226. The SMILES string of the molecule is CC(CO)N(C)CC1(CNC2CC2)CCOC1. The summed E-state index contributed by atoms with van der Waals surface area (Å²) < 4.78 is 5.60. The second-order valence-corrected chi connectivity index (χ2v) is 5.90. The van der Waals surface area contributed by atoms with Crippen molar-refractivity contribution in [3.05, 3.63) is 0 Å². The lowest BCUT2D eigenvalue weighted by Crippen LogP contribution is -2.47. The van der Waals surface area contributed by atoms with Gasteiger partial charge in [0.15, 0.2) is 0 Å². The molecule has 0 spiro atoms. The monoisotopic (exact) mass is 242 g/mol. The fourth-order valence-corrected chi connectivity index (χ4v) is 2.44. The Balaban J connectivity index is 1.85. The van der Waals surface area contributed by atoms with Crippen LogP contribution in [0.25, 0.3) is 0 Å². The average molecular weight is 242 g/mol. The van der Waals surface area contributed by atoms with Gasteiger partial charge < -0.3 is 20.1 Å². The number of aliphatic hydroxyl groups excluding tert-OH is 1. The summed E-state index contributed by atoms with van der Waals surface area (Å²) in [5.41, 5.74) is 0.251. The molecule has 1 saturated heterocycles. The van der Waals surface area contributed by atoms with E-state index < -0.39 is 0 Å². The number of nitrogens with one attached hydrogen (secondary N) is 1. The van der Waals surface area contributed by atoms with Gasteiger partial charge in [-0.25, -0.2) is 0 Å². The molecule has 0 aromatic carbocycles. The van der Waals surface area contributed by atoms with Gasteiger partial charge >= 0.3 is 0 Å². The number of likely N-dealkylation sites (N-methyl/N-ethyl adjacent to an activating group) is 1. The third-order valence-electron chi connectivity index (χ3n) is 4.13. The Kier molecular flexibility index (Phi) is 4.42. The molecule has 2 unspecified atom stereocenters. The third-order valence-corrected chi connectivity index (χ3v) is 4.13. The van der Waals surface area contributed by atoms with E-state index in [9.17, 15) is 5.11 Å². The second-order valence-electron chi connectivity index (χ2n) is 5.90. The topological polar surface area (TPSA) is 44.7 Å². The first-order chi connectivity index (χ1) is 8.15. The lowest BCUT2D eigenvalue weighted by atomic mass is 9.86. The van der Waals surface area contributed by atoms with Gasteiger partial charge in [-0.3, -0.25) is 0 Å². The first-order valence-electron chi connectivity index (χ1n) is 6.77. The molecule has 1 aliphatic heterocycles. The third kappa shape index (κ3) is 3.65. The van der Waals surface area contributed by atoms with Gasteiger partial charge in [0.2, 0.25) is 0 Å². The normalized spacial score (nSPS) is 31.1. The van der Waals surface area contributed by atoms with Crippen molar-refractivity contribution in [2.24, 2.45) is 5.41 Å². The number of rotatable bonds is 7. The van der Waals surface area contributed by atoms with Crippen molar-refractivity contribution in [2.75, 3.05) is 40.0 Å². The van der Waals surface area contributed by atoms with E-state index in [0.717, 1.165) is 38.8 Å². The highest BCUT2D eigenvalue weighted by molar-refractivity contribution is 4.92. The molecule has 4 nitrogen and oxygen atoms in total. The van der Waals surface area contributed by atoms with Crippen molar-refractivity contribution < 1.29 is 9.84 Å². The molecule has 2 N–H and O–H groups in total. The molecule has 1 aliphatic carbocycles. The van der Waals surface area contributed by atoms with Gasteiger partial charge in [-0.05, 0) is 33.2 Å². The highest BCUT2D eigenvalue weighted by Gasteiger charge is 2.37. The van der Waals surface area contributed by atoms with E-state index in [0.29, 0.717) is 0 Å². The highest BCUT2D eigenvalue weighted by Crippen LogP contribution is 2.31. The van der Waals surface area contributed by atoms with Crippen LogP contribution in [0.15, 0.2) is 0 Å². The Morgan fingerprint density at radius 1 is 1.53 bits per heavy atom. The molecule has 0 amide bonds. The van der Waals surface area contributed by atoms with Gasteiger partial charge in [-0.2, -0.15) is 0 Å². The van der Waals surface area contributed by atoms with Gasteiger partial charge in [0.05, 0.1) is 13.2 Å². The Hall–Kier alpha value is -0.160. The van der Waals surface area contributed by atoms with E-state index >= 15 is 0 Å². The molecule has 2 rings (SSSR count). The molecule has 4 heteroatoms. The van der Waals surface area contributed by atoms with Crippen LogP contribution in [0.3, 0.4) is 0 Å². The number of ether oxygens (including phenoxy) is 1. The quantitative estimate of drug-likeness (QED) is 0.681. The van der Waals surface area contributed by atoms with Crippen molar-refractivity contribution in [1.29, 1.82) is 0 Å². The van der Waals surface area contributed by atoms with E-state index in [4.69, 9.17) is 4.74 Å².